The summed E-state index contributed by atoms with van der Waals surface area (Å²) in [4.78, 5) is 12.6. The van der Waals surface area contributed by atoms with E-state index in [2.05, 4.69) is 60.6 Å². The first-order chi connectivity index (χ1) is 14.8. The first-order valence-corrected chi connectivity index (χ1v) is 11.3. The molecule has 1 atom stereocenters. The molecule has 6 nitrogen and oxygen atoms in total. The molecule has 1 unspecified atom stereocenters. The van der Waals surface area contributed by atoms with Crippen molar-refractivity contribution in [1.29, 1.82) is 0 Å². The minimum atomic E-state index is -0.0211. The Bertz CT molecular complexity index is 1000. The van der Waals surface area contributed by atoms with Crippen molar-refractivity contribution >= 4 is 17.7 Å². The molecule has 3 rings (SSSR count). The molecule has 3 aromatic rings. The average molecular weight is 439 g/mol. The predicted octanol–water partition coefficient (Wildman–Crippen LogP) is 4.55. The monoisotopic (exact) mass is 438 g/mol. The lowest BCUT2D eigenvalue weighted by molar-refractivity contribution is -0.119. The van der Waals surface area contributed by atoms with E-state index in [-0.39, 0.29) is 23.1 Å². The van der Waals surface area contributed by atoms with Crippen LogP contribution in [0.4, 0.5) is 0 Å². The Morgan fingerprint density at radius 1 is 1.13 bits per heavy atom. The number of carbonyl (C=O) groups is 1. The van der Waals surface area contributed by atoms with E-state index in [1.165, 1.54) is 17.3 Å². The summed E-state index contributed by atoms with van der Waals surface area (Å²) in [5.41, 5.74) is 2.19. The number of benzene rings is 2. The van der Waals surface area contributed by atoms with Gasteiger partial charge in [-0.15, -0.1) is 10.2 Å². The zero-order valence-corrected chi connectivity index (χ0v) is 19.6. The maximum absolute atomic E-state index is 12.6. The molecule has 0 aliphatic carbocycles. The van der Waals surface area contributed by atoms with Gasteiger partial charge in [-0.3, -0.25) is 9.36 Å². The molecule has 0 bridgehead atoms. The summed E-state index contributed by atoms with van der Waals surface area (Å²) < 4.78 is 7.17. The van der Waals surface area contributed by atoms with Crippen LogP contribution in [0.15, 0.2) is 59.8 Å². The smallest absolute Gasteiger partial charge is 0.230 e. The number of hydrogen-bond donors (Lipinski definition) is 1. The average Bonchev–Trinajstić information content (AvgIpc) is 3.13. The van der Waals surface area contributed by atoms with Crippen LogP contribution in [0.5, 0.6) is 5.75 Å². The van der Waals surface area contributed by atoms with Crippen molar-refractivity contribution in [3.63, 3.8) is 0 Å². The fourth-order valence-corrected chi connectivity index (χ4v) is 4.54. The normalized spacial score (nSPS) is 12.4. The zero-order valence-electron chi connectivity index (χ0n) is 18.8. The molecule has 0 saturated carbocycles. The van der Waals surface area contributed by atoms with Crippen LogP contribution >= 0.6 is 11.8 Å². The summed E-state index contributed by atoms with van der Waals surface area (Å²) >= 11 is 1.38. The summed E-state index contributed by atoms with van der Waals surface area (Å²) in [6.45, 7) is 8.37. The number of aryl methyl sites for hydroxylation is 1. The third-order valence-electron chi connectivity index (χ3n) is 5.24. The molecule has 0 fully saturated rings. The third-order valence-corrected chi connectivity index (χ3v) is 6.17. The number of methoxy groups -OCH3 is 1. The number of nitrogens with zero attached hydrogens (tertiary/aromatic N) is 3. The van der Waals surface area contributed by atoms with Crippen LogP contribution in [0.3, 0.4) is 0 Å². The second-order valence-corrected chi connectivity index (χ2v) is 9.22. The van der Waals surface area contributed by atoms with Crippen LogP contribution in [0.25, 0.3) is 5.69 Å². The van der Waals surface area contributed by atoms with Crippen molar-refractivity contribution < 1.29 is 9.53 Å². The van der Waals surface area contributed by atoms with Gasteiger partial charge in [0.25, 0.3) is 0 Å². The summed E-state index contributed by atoms with van der Waals surface area (Å²) in [5.74, 6) is 1.83. The van der Waals surface area contributed by atoms with E-state index in [4.69, 9.17) is 4.74 Å². The molecule has 0 spiro atoms. The van der Waals surface area contributed by atoms with E-state index < -0.39 is 0 Å². The van der Waals surface area contributed by atoms with Crippen molar-refractivity contribution in [2.24, 2.45) is 0 Å². The van der Waals surface area contributed by atoms with Gasteiger partial charge < -0.3 is 10.1 Å². The van der Waals surface area contributed by atoms with Gasteiger partial charge in [0.2, 0.25) is 5.91 Å². The van der Waals surface area contributed by atoms with Gasteiger partial charge >= 0.3 is 0 Å². The van der Waals surface area contributed by atoms with Crippen molar-refractivity contribution in [2.75, 3.05) is 12.9 Å². The Hall–Kier alpha value is -2.80. The number of hydrogen-bond acceptors (Lipinski definition) is 5. The van der Waals surface area contributed by atoms with Crippen LogP contribution < -0.4 is 10.1 Å². The highest BCUT2D eigenvalue weighted by molar-refractivity contribution is 7.99. The molecular formula is C24H30N4O2S. The molecule has 1 amide bonds. The minimum absolute atomic E-state index is 0.0108. The van der Waals surface area contributed by atoms with Crippen molar-refractivity contribution in [3.8, 4) is 11.4 Å². The quantitative estimate of drug-likeness (QED) is 0.497. The third kappa shape index (κ3) is 5.88. The number of aromatic nitrogens is 3. The lowest BCUT2D eigenvalue weighted by Crippen LogP contribution is -2.38. The number of thioether (sulfide) groups is 1. The second kappa shape index (κ2) is 10.0. The van der Waals surface area contributed by atoms with Crippen LogP contribution in [0.1, 0.15) is 38.6 Å². The first-order valence-electron chi connectivity index (χ1n) is 10.3. The molecule has 31 heavy (non-hydrogen) atoms. The number of rotatable bonds is 9. The zero-order chi connectivity index (χ0) is 22.4. The van der Waals surface area contributed by atoms with Crippen LogP contribution in [0, 0.1) is 6.92 Å². The lowest BCUT2D eigenvalue weighted by Gasteiger charge is -2.29. The van der Waals surface area contributed by atoms with Crippen molar-refractivity contribution in [1.82, 2.24) is 20.1 Å². The topological polar surface area (TPSA) is 69.0 Å². The molecule has 2 aromatic carbocycles. The molecule has 1 heterocycles. The van der Waals surface area contributed by atoms with Gasteiger partial charge in [0.1, 0.15) is 11.6 Å². The van der Waals surface area contributed by atoms with Gasteiger partial charge in [-0.1, -0.05) is 55.9 Å². The highest BCUT2D eigenvalue weighted by Gasteiger charge is 2.24. The second-order valence-electron chi connectivity index (χ2n) is 8.27. The van der Waals surface area contributed by atoms with Crippen molar-refractivity contribution in [2.45, 2.75) is 50.7 Å². The largest absolute Gasteiger partial charge is 0.497 e. The lowest BCUT2D eigenvalue weighted by atomic mass is 9.79. The van der Waals surface area contributed by atoms with E-state index in [9.17, 15) is 4.79 Å². The van der Waals surface area contributed by atoms with Crippen LogP contribution in [-0.2, 0) is 10.2 Å². The Labute approximate surface area is 188 Å². The summed E-state index contributed by atoms with van der Waals surface area (Å²) in [7, 11) is 1.64. The predicted molar refractivity (Wildman–Crippen MR) is 125 cm³/mol. The Balaban J connectivity index is 1.58. The number of carbonyl (C=O) groups excluding carboxylic acids is 1. The van der Waals surface area contributed by atoms with Gasteiger partial charge in [-0.05, 0) is 55.5 Å². The molecule has 0 radical (unpaired) electrons. The molecule has 0 aliphatic heterocycles. The Kier molecular flexibility index (Phi) is 7.38. The maximum atomic E-state index is 12.6. The fraction of sp³-hybridized carbons (Fsp3) is 0.375. The SMILES string of the molecule is COc1ccc(-n2c(C)nnc2SCC(=O)NC(C)CC(C)(C)c2ccccc2)cc1. The molecule has 7 heteroatoms. The van der Waals surface area contributed by atoms with Gasteiger partial charge in [0.15, 0.2) is 5.16 Å². The molecule has 1 N–H and O–H groups in total. The van der Waals surface area contributed by atoms with E-state index >= 15 is 0 Å². The minimum Gasteiger partial charge on any atom is -0.497 e. The molecule has 0 aliphatic rings. The standard InChI is InChI=1S/C24H30N4O2S/c1-17(15-24(3,4)19-9-7-6-8-10-19)25-22(29)16-31-23-27-26-18(2)28(23)20-11-13-21(30-5)14-12-20/h6-14,17H,15-16H2,1-5H3,(H,25,29). The Morgan fingerprint density at radius 2 is 1.81 bits per heavy atom. The molecule has 164 valence electrons. The van der Waals surface area contributed by atoms with Crippen LogP contribution in [0.2, 0.25) is 0 Å². The highest BCUT2D eigenvalue weighted by Crippen LogP contribution is 2.28. The maximum Gasteiger partial charge on any atom is 0.230 e. The van der Waals surface area contributed by atoms with E-state index in [0.717, 1.165) is 23.7 Å². The Morgan fingerprint density at radius 3 is 2.45 bits per heavy atom. The summed E-state index contributed by atoms with van der Waals surface area (Å²) in [6.07, 6.45) is 0.856. The van der Waals surface area contributed by atoms with Crippen molar-refractivity contribution in [3.05, 3.63) is 66.0 Å². The summed E-state index contributed by atoms with van der Waals surface area (Å²) in [6, 6.07) is 18.2. The fourth-order valence-electron chi connectivity index (χ4n) is 3.74. The van der Waals surface area contributed by atoms with E-state index in [0.29, 0.717) is 5.16 Å². The number of amides is 1. The van der Waals surface area contributed by atoms with Gasteiger partial charge in [0.05, 0.1) is 12.9 Å². The van der Waals surface area contributed by atoms with E-state index in [1.54, 1.807) is 7.11 Å². The molecular weight excluding hydrogens is 408 g/mol. The van der Waals surface area contributed by atoms with E-state index in [1.807, 2.05) is 41.8 Å². The van der Waals surface area contributed by atoms with Gasteiger partial charge in [-0.2, -0.15) is 0 Å². The first kappa shape index (κ1) is 22.9. The molecule has 0 saturated heterocycles. The summed E-state index contributed by atoms with van der Waals surface area (Å²) in [5, 5.41) is 12.2. The number of nitrogens with one attached hydrogen (secondary N) is 1. The van der Waals surface area contributed by atoms with Gasteiger partial charge in [-0.25, -0.2) is 0 Å². The highest BCUT2D eigenvalue weighted by atomic mass is 32.2. The van der Waals surface area contributed by atoms with Gasteiger partial charge in [0, 0.05) is 11.7 Å². The van der Waals surface area contributed by atoms with Crippen LogP contribution in [-0.4, -0.2) is 39.6 Å². The number of ether oxygens (including phenoxy) is 1. The molecule has 1 aromatic heterocycles.